The molecule has 0 bridgehead atoms. The number of aliphatic hydroxyl groups is 1. The average Bonchev–Trinajstić information content (AvgIpc) is 3.32. The van der Waals surface area contributed by atoms with Crippen molar-refractivity contribution >= 4 is 17.5 Å². The van der Waals surface area contributed by atoms with Gasteiger partial charge < -0.3 is 15.7 Å². The monoisotopic (exact) mass is 553 g/mol. The Bertz CT molecular complexity index is 1440. The SMILES string of the molecule is CCc1cccc(CN(CC(O)C(N)Cc2cc(F)cc(F)c2)C(=O)c2cc(Cl)ccc2-n2cnnc2C)c1. The maximum atomic E-state index is 14.1. The average molecular weight is 554 g/mol. The molecule has 2 atom stereocenters. The fourth-order valence-corrected chi connectivity index (χ4v) is 4.65. The van der Waals surface area contributed by atoms with Crippen LogP contribution >= 0.6 is 11.6 Å². The van der Waals surface area contributed by atoms with Gasteiger partial charge in [-0.15, -0.1) is 10.2 Å². The maximum absolute atomic E-state index is 14.1. The molecule has 0 fully saturated rings. The summed E-state index contributed by atoms with van der Waals surface area (Å²) >= 11 is 6.30. The number of hydrogen-bond donors (Lipinski definition) is 2. The van der Waals surface area contributed by atoms with Gasteiger partial charge in [-0.3, -0.25) is 9.36 Å². The summed E-state index contributed by atoms with van der Waals surface area (Å²) in [7, 11) is 0. The topological polar surface area (TPSA) is 97.3 Å². The van der Waals surface area contributed by atoms with E-state index in [0.29, 0.717) is 27.7 Å². The van der Waals surface area contributed by atoms with Crippen LogP contribution in [0.5, 0.6) is 0 Å². The molecule has 0 saturated carbocycles. The van der Waals surface area contributed by atoms with Gasteiger partial charge in [0.1, 0.15) is 23.8 Å². The number of benzene rings is 3. The van der Waals surface area contributed by atoms with Crippen LogP contribution in [0.25, 0.3) is 5.69 Å². The molecule has 2 unspecified atom stereocenters. The molecule has 0 radical (unpaired) electrons. The summed E-state index contributed by atoms with van der Waals surface area (Å²) in [6.07, 6.45) is 1.16. The predicted octanol–water partition coefficient (Wildman–Crippen LogP) is 4.64. The van der Waals surface area contributed by atoms with Gasteiger partial charge in [-0.2, -0.15) is 0 Å². The Morgan fingerprint density at radius 1 is 1.08 bits per heavy atom. The van der Waals surface area contributed by atoms with Crippen LogP contribution in [0.15, 0.2) is 67.0 Å². The van der Waals surface area contributed by atoms with E-state index in [-0.39, 0.29) is 25.4 Å². The van der Waals surface area contributed by atoms with Crippen molar-refractivity contribution in [3.8, 4) is 5.69 Å². The molecule has 0 aliphatic rings. The van der Waals surface area contributed by atoms with Crippen LogP contribution in [-0.2, 0) is 19.4 Å². The van der Waals surface area contributed by atoms with Crippen LogP contribution in [-0.4, -0.2) is 49.4 Å². The molecule has 3 aromatic carbocycles. The van der Waals surface area contributed by atoms with Crippen molar-refractivity contribution in [2.75, 3.05) is 6.54 Å². The van der Waals surface area contributed by atoms with Crippen molar-refractivity contribution in [1.82, 2.24) is 19.7 Å². The largest absolute Gasteiger partial charge is 0.390 e. The zero-order valence-electron chi connectivity index (χ0n) is 21.7. The normalized spacial score (nSPS) is 12.8. The van der Waals surface area contributed by atoms with Crippen molar-refractivity contribution in [2.45, 2.75) is 45.4 Å². The highest BCUT2D eigenvalue weighted by molar-refractivity contribution is 6.31. The number of aromatic nitrogens is 3. The Balaban J connectivity index is 1.66. The standard InChI is InChI=1S/C29H30ClF2N5O2/c1-3-19-5-4-6-20(9-19)15-36(16-28(38)26(33)12-21-10-23(31)14-24(32)11-21)29(39)25-13-22(30)7-8-27(25)37-17-34-35-18(37)2/h4-11,13-14,17,26,28,38H,3,12,15-16,33H2,1-2H3. The molecule has 10 heteroatoms. The number of amides is 1. The van der Waals surface area contributed by atoms with Gasteiger partial charge in [0.15, 0.2) is 0 Å². The minimum atomic E-state index is -1.19. The number of aliphatic hydroxyl groups excluding tert-OH is 1. The molecule has 3 N–H and O–H groups in total. The summed E-state index contributed by atoms with van der Waals surface area (Å²) in [5, 5.41) is 19.4. The van der Waals surface area contributed by atoms with Gasteiger partial charge in [0.05, 0.1) is 17.4 Å². The number of nitrogens with two attached hydrogens (primary N) is 1. The third kappa shape index (κ3) is 7.06. The number of hydrogen-bond acceptors (Lipinski definition) is 5. The Kier molecular flexibility index (Phi) is 9.06. The summed E-state index contributed by atoms with van der Waals surface area (Å²) < 4.78 is 29.1. The summed E-state index contributed by atoms with van der Waals surface area (Å²) in [5.74, 6) is -1.25. The zero-order valence-corrected chi connectivity index (χ0v) is 22.4. The van der Waals surface area contributed by atoms with Gasteiger partial charge >= 0.3 is 0 Å². The highest BCUT2D eigenvalue weighted by Crippen LogP contribution is 2.24. The van der Waals surface area contributed by atoms with E-state index in [1.807, 2.05) is 31.2 Å². The van der Waals surface area contributed by atoms with Crippen LogP contribution in [0.2, 0.25) is 5.02 Å². The summed E-state index contributed by atoms with van der Waals surface area (Å²) in [6, 6.07) is 15.0. The van der Waals surface area contributed by atoms with Gasteiger partial charge in [-0.25, -0.2) is 8.78 Å². The summed E-state index contributed by atoms with van der Waals surface area (Å²) in [5.41, 5.74) is 9.38. The minimum Gasteiger partial charge on any atom is -0.390 e. The van der Waals surface area contributed by atoms with Gasteiger partial charge in [-0.1, -0.05) is 42.8 Å². The van der Waals surface area contributed by atoms with Crippen LogP contribution in [0.1, 0.15) is 39.8 Å². The second kappa shape index (κ2) is 12.5. The molecule has 4 rings (SSSR count). The van der Waals surface area contributed by atoms with Crippen LogP contribution in [0.3, 0.4) is 0 Å². The maximum Gasteiger partial charge on any atom is 0.256 e. The molecule has 0 saturated heterocycles. The first-order valence-corrected chi connectivity index (χ1v) is 12.9. The Labute approximate surface area is 230 Å². The zero-order chi connectivity index (χ0) is 28.1. The molecule has 204 valence electrons. The second-order valence-corrected chi connectivity index (χ2v) is 9.92. The fraction of sp³-hybridized carbons (Fsp3) is 0.276. The number of carbonyl (C=O) groups is 1. The first kappa shape index (κ1) is 28.4. The van der Waals surface area contributed by atoms with Crippen LogP contribution in [0.4, 0.5) is 8.78 Å². The van der Waals surface area contributed by atoms with E-state index in [0.717, 1.165) is 23.6 Å². The van der Waals surface area contributed by atoms with Crippen LogP contribution < -0.4 is 5.73 Å². The number of rotatable bonds is 10. The first-order valence-electron chi connectivity index (χ1n) is 12.6. The number of carbonyl (C=O) groups excluding carboxylic acids is 1. The van der Waals surface area contributed by atoms with Crippen molar-refractivity contribution in [3.05, 3.63) is 112 Å². The van der Waals surface area contributed by atoms with Crippen molar-refractivity contribution < 1.29 is 18.7 Å². The van der Waals surface area contributed by atoms with E-state index in [9.17, 15) is 18.7 Å². The summed E-state index contributed by atoms with van der Waals surface area (Å²) in [6.45, 7) is 3.88. The van der Waals surface area contributed by atoms with Gasteiger partial charge in [0.25, 0.3) is 5.91 Å². The second-order valence-electron chi connectivity index (χ2n) is 9.48. The predicted molar refractivity (Wildman–Crippen MR) is 146 cm³/mol. The van der Waals surface area contributed by atoms with Gasteiger partial charge in [0.2, 0.25) is 0 Å². The van der Waals surface area contributed by atoms with E-state index in [4.69, 9.17) is 17.3 Å². The molecule has 7 nitrogen and oxygen atoms in total. The molecule has 39 heavy (non-hydrogen) atoms. The van der Waals surface area contributed by atoms with Gasteiger partial charge in [-0.05, 0) is 66.8 Å². The number of halogens is 3. The highest BCUT2D eigenvalue weighted by Gasteiger charge is 2.26. The van der Waals surface area contributed by atoms with Crippen molar-refractivity contribution in [2.24, 2.45) is 5.73 Å². The lowest BCUT2D eigenvalue weighted by molar-refractivity contribution is 0.0554. The number of nitrogens with zero attached hydrogens (tertiary/aromatic N) is 4. The van der Waals surface area contributed by atoms with Crippen molar-refractivity contribution in [3.63, 3.8) is 0 Å². The quantitative estimate of drug-likeness (QED) is 0.298. The number of aryl methyl sites for hydroxylation is 2. The molecule has 1 heterocycles. The van der Waals surface area contributed by atoms with Crippen molar-refractivity contribution in [1.29, 1.82) is 0 Å². The Morgan fingerprint density at radius 3 is 2.46 bits per heavy atom. The molecule has 1 aromatic heterocycles. The molecular formula is C29H30ClF2N5O2. The fourth-order valence-electron chi connectivity index (χ4n) is 4.48. The van der Waals surface area contributed by atoms with E-state index in [1.54, 1.807) is 29.7 Å². The lowest BCUT2D eigenvalue weighted by Crippen LogP contribution is -2.46. The van der Waals surface area contributed by atoms with E-state index >= 15 is 0 Å². The van der Waals surface area contributed by atoms with E-state index < -0.39 is 23.8 Å². The molecule has 0 aliphatic carbocycles. The summed E-state index contributed by atoms with van der Waals surface area (Å²) in [4.78, 5) is 15.6. The highest BCUT2D eigenvalue weighted by atomic mass is 35.5. The van der Waals surface area contributed by atoms with Crippen LogP contribution in [0, 0.1) is 18.6 Å². The molecule has 0 aliphatic heterocycles. The Hall–Kier alpha value is -3.66. The van der Waals surface area contributed by atoms with E-state index in [1.165, 1.54) is 23.4 Å². The third-order valence-corrected chi connectivity index (χ3v) is 6.76. The molecule has 1 amide bonds. The molecule has 0 spiro atoms. The van der Waals surface area contributed by atoms with E-state index in [2.05, 4.69) is 10.2 Å². The Morgan fingerprint density at radius 2 is 1.79 bits per heavy atom. The van der Waals surface area contributed by atoms with Gasteiger partial charge in [0, 0.05) is 30.2 Å². The first-order chi connectivity index (χ1) is 18.6. The minimum absolute atomic E-state index is 0.0194. The lowest BCUT2D eigenvalue weighted by Gasteiger charge is -2.29. The third-order valence-electron chi connectivity index (χ3n) is 6.52. The smallest absolute Gasteiger partial charge is 0.256 e. The molecule has 4 aromatic rings. The molecular weight excluding hydrogens is 524 g/mol. The lowest BCUT2D eigenvalue weighted by atomic mass is 10.0.